The first-order valence-electron chi connectivity index (χ1n) is 10.5. The molecule has 148 valence electrons. The molecule has 0 aromatic rings. The lowest BCUT2D eigenvalue weighted by Crippen LogP contribution is -2.28. The number of hydrogen-bond acceptors (Lipinski definition) is 3. The summed E-state index contributed by atoms with van der Waals surface area (Å²) in [7, 11) is 0. The molecule has 0 spiro atoms. The van der Waals surface area contributed by atoms with Crippen molar-refractivity contribution in [3.8, 4) is 0 Å². The van der Waals surface area contributed by atoms with Gasteiger partial charge in [0.15, 0.2) is 0 Å². The van der Waals surface area contributed by atoms with Crippen molar-refractivity contribution in [1.29, 1.82) is 0 Å². The van der Waals surface area contributed by atoms with E-state index in [1.165, 1.54) is 38.5 Å². The van der Waals surface area contributed by atoms with E-state index < -0.39 is 0 Å². The molecule has 1 heterocycles. The van der Waals surface area contributed by atoms with Crippen molar-refractivity contribution in [3.63, 3.8) is 0 Å². The highest BCUT2D eigenvalue weighted by Crippen LogP contribution is 2.31. The third-order valence-corrected chi connectivity index (χ3v) is 3.76. The van der Waals surface area contributed by atoms with E-state index in [1.54, 1.807) is 0 Å². The molecule has 1 saturated carbocycles. The van der Waals surface area contributed by atoms with Crippen molar-refractivity contribution in [2.45, 2.75) is 86.5 Å². The summed E-state index contributed by atoms with van der Waals surface area (Å²) in [5.41, 5.74) is 6.28. The minimum atomic E-state index is 0.894. The fourth-order valence-electron chi connectivity index (χ4n) is 2.39. The van der Waals surface area contributed by atoms with Crippen LogP contribution in [0.5, 0.6) is 0 Å². The Morgan fingerprint density at radius 1 is 1.12 bits per heavy atom. The zero-order valence-electron chi connectivity index (χ0n) is 18.0. The number of allylic oxidation sites excluding steroid dienone is 2. The van der Waals surface area contributed by atoms with Gasteiger partial charge in [-0.2, -0.15) is 0 Å². The van der Waals surface area contributed by atoms with Crippen molar-refractivity contribution in [2.75, 3.05) is 19.6 Å². The molecule has 1 saturated heterocycles. The van der Waals surface area contributed by atoms with Gasteiger partial charge in [-0.15, -0.1) is 0 Å². The first-order chi connectivity index (χ1) is 12.2. The number of piperidine rings is 1. The van der Waals surface area contributed by atoms with Crippen molar-refractivity contribution in [2.24, 2.45) is 16.6 Å². The number of hydrogen-bond donors (Lipinski definition) is 1. The van der Waals surface area contributed by atoms with Crippen LogP contribution in [0.4, 0.5) is 0 Å². The summed E-state index contributed by atoms with van der Waals surface area (Å²) in [5.74, 6) is 2.15. The average Bonchev–Trinajstić information content (AvgIpc) is 3.48. The second kappa shape index (κ2) is 19.2. The van der Waals surface area contributed by atoms with E-state index in [9.17, 15) is 0 Å². The van der Waals surface area contributed by atoms with Crippen LogP contribution in [0, 0.1) is 5.92 Å². The molecule has 2 fully saturated rings. The molecular weight excluding hydrogens is 306 g/mol. The van der Waals surface area contributed by atoms with Gasteiger partial charge in [-0.3, -0.25) is 0 Å². The van der Waals surface area contributed by atoms with Gasteiger partial charge in [0.2, 0.25) is 0 Å². The zero-order valence-corrected chi connectivity index (χ0v) is 18.0. The van der Waals surface area contributed by atoms with Gasteiger partial charge in [0.05, 0.1) is 0 Å². The summed E-state index contributed by atoms with van der Waals surface area (Å²) in [6.45, 7) is 19.2. The van der Waals surface area contributed by atoms with Gasteiger partial charge in [-0.1, -0.05) is 54.0 Å². The maximum Gasteiger partial charge on any atom is 0.124 e. The Bertz CT molecular complexity index is 348. The van der Waals surface area contributed by atoms with Gasteiger partial charge in [0.25, 0.3) is 0 Å². The molecule has 2 N–H and O–H groups in total. The Balaban J connectivity index is 0. The van der Waals surface area contributed by atoms with Crippen molar-refractivity contribution < 1.29 is 0 Å². The third kappa shape index (κ3) is 16.1. The summed E-state index contributed by atoms with van der Waals surface area (Å²) in [5, 5.41) is 0. The summed E-state index contributed by atoms with van der Waals surface area (Å²) in [6, 6.07) is 0. The molecule has 25 heavy (non-hydrogen) atoms. The van der Waals surface area contributed by atoms with Gasteiger partial charge < -0.3 is 10.6 Å². The molecule has 1 aliphatic heterocycles. The van der Waals surface area contributed by atoms with Crippen LogP contribution >= 0.6 is 0 Å². The van der Waals surface area contributed by atoms with Gasteiger partial charge >= 0.3 is 0 Å². The molecule has 3 heteroatoms. The summed E-state index contributed by atoms with van der Waals surface area (Å²) in [6.07, 6.45) is 13.2. The smallest absolute Gasteiger partial charge is 0.124 e. The SMILES string of the molecule is C=C(C)/C=N\C(=C\CC)N1CCCCC1.CC.CC.NCCC1CC1. The summed E-state index contributed by atoms with van der Waals surface area (Å²) >= 11 is 0. The van der Waals surface area contributed by atoms with E-state index in [4.69, 9.17) is 5.73 Å². The monoisotopic (exact) mass is 351 g/mol. The molecule has 0 bridgehead atoms. The number of likely N-dealkylation sites (tertiary alicyclic amines) is 1. The van der Waals surface area contributed by atoms with Crippen LogP contribution in [-0.2, 0) is 0 Å². The lowest BCUT2D eigenvalue weighted by molar-refractivity contribution is 0.282. The van der Waals surface area contributed by atoms with Crippen LogP contribution in [0.2, 0.25) is 0 Å². The van der Waals surface area contributed by atoms with Gasteiger partial charge in [-0.25, -0.2) is 4.99 Å². The number of nitrogens with two attached hydrogens (primary N) is 1. The Morgan fingerprint density at radius 2 is 1.68 bits per heavy atom. The van der Waals surface area contributed by atoms with Gasteiger partial charge in [0.1, 0.15) is 5.82 Å². The minimum Gasteiger partial charge on any atom is -0.357 e. The summed E-state index contributed by atoms with van der Waals surface area (Å²) in [4.78, 5) is 6.88. The van der Waals surface area contributed by atoms with Crippen LogP contribution < -0.4 is 5.73 Å². The molecule has 2 rings (SSSR count). The minimum absolute atomic E-state index is 0.894. The van der Waals surface area contributed by atoms with Crippen LogP contribution in [0.15, 0.2) is 29.0 Å². The molecule has 2 aliphatic rings. The van der Waals surface area contributed by atoms with E-state index in [-0.39, 0.29) is 0 Å². The normalized spacial score (nSPS) is 16.8. The van der Waals surface area contributed by atoms with E-state index >= 15 is 0 Å². The van der Waals surface area contributed by atoms with Crippen LogP contribution in [0.3, 0.4) is 0 Å². The fourth-order valence-corrected chi connectivity index (χ4v) is 2.39. The lowest BCUT2D eigenvalue weighted by Gasteiger charge is -2.28. The van der Waals surface area contributed by atoms with E-state index in [0.29, 0.717) is 0 Å². The largest absolute Gasteiger partial charge is 0.357 e. The highest BCUT2D eigenvalue weighted by molar-refractivity contribution is 5.77. The topological polar surface area (TPSA) is 41.6 Å². The Morgan fingerprint density at radius 3 is 2.04 bits per heavy atom. The molecule has 3 nitrogen and oxygen atoms in total. The average molecular weight is 352 g/mol. The van der Waals surface area contributed by atoms with Crippen LogP contribution in [0.25, 0.3) is 0 Å². The first kappa shape index (κ1) is 26.1. The van der Waals surface area contributed by atoms with Gasteiger partial charge in [-0.05, 0) is 63.1 Å². The van der Waals surface area contributed by atoms with Crippen molar-refractivity contribution in [1.82, 2.24) is 4.90 Å². The second-order valence-corrected chi connectivity index (χ2v) is 6.14. The Hall–Kier alpha value is -1.09. The highest BCUT2D eigenvalue weighted by Gasteiger charge is 2.19. The number of rotatable bonds is 6. The third-order valence-electron chi connectivity index (χ3n) is 3.76. The fraction of sp³-hybridized carbons (Fsp3) is 0.773. The maximum atomic E-state index is 5.27. The number of nitrogens with zero attached hydrogens (tertiary/aromatic N) is 2. The zero-order chi connectivity index (χ0) is 19.5. The molecule has 0 aromatic heterocycles. The van der Waals surface area contributed by atoms with Crippen LogP contribution in [0.1, 0.15) is 86.5 Å². The lowest BCUT2D eigenvalue weighted by atomic mass is 10.1. The molecule has 0 radical (unpaired) electrons. The van der Waals surface area contributed by atoms with E-state index in [1.807, 2.05) is 40.8 Å². The van der Waals surface area contributed by atoms with E-state index in [0.717, 1.165) is 43.4 Å². The standard InChI is InChI=1S/C13H22N2.C5H11N.2C2H6/c1-4-8-13(14-11-12(2)3)15-9-6-5-7-10-15;6-4-3-5-1-2-5;2*1-2/h8,11H,2,4-7,9-10H2,1,3H3;5H,1-4,6H2;2*1-2H3/b13-8-,14-11-;;;. The maximum absolute atomic E-state index is 5.27. The Labute approximate surface area is 158 Å². The summed E-state index contributed by atoms with van der Waals surface area (Å²) < 4.78 is 0. The molecule has 0 amide bonds. The van der Waals surface area contributed by atoms with Crippen molar-refractivity contribution in [3.05, 3.63) is 24.0 Å². The Kier molecular flexibility index (Phi) is 20.1. The predicted molar refractivity (Wildman–Crippen MR) is 116 cm³/mol. The number of aliphatic imine (C=N–C) groups is 1. The molecular formula is C22H45N3. The van der Waals surface area contributed by atoms with Crippen LogP contribution in [-0.4, -0.2) is 30.7 Å². The van der Waals surface area contributed by atoms with E-state index in [2.05, 4.69) is 29.5 Å². The van der Waals surface area contributed by atoms with Gasteiger partial charge in [0, 0.05) is 19.3 Å². The molecule has 0 aromatic carbocycles. The molecule has 0 unspecified atom stereocenters. The first-order valence-corrected chi connectivity index (χ1v) is 10.5. The second-order valence-electron chi connectivity index (χ2n) is 6.14. The molecule has 1 aliphatic carbocycles. The quantitative estimate of drug-likeness (QED) is 0.581. The predicted octanol–water partition coefficient (Wildman–Crippen LogP) is 6.17. The molecule has 0 atom stereocenters. The highest BCUT2D eigenvalue weighted by atomic mass is 15.2. The van der Waals surface area contributed by atoms with Crippen molar-refractivity contribution >= 4 is 6.21 Å².